The number of aryl methyl sites for hydroxylation is 1. The maximum Gasteiger partial charge on any atom is 0.208 e. The van der Waals surface area contributed by atoms with E-state index in [0.29, 0.717) is 12.0 Å². The lowest BCUT2D eigenvalue weighted by molar-refractivity contribution is 0.192. The van der Waals surface area contributed by atoms with E-state index in [2.05, 4.69) is 25.2 Å². The van der Waals surface area contributed by atoms with Crippen molar-refractivity contribution in [3.05, 3.63) is 35.9 Å². The summed E-state index contributed by atoms with van der Waals surface area (Å²) >= 11 is 0. The molecular formula is C17H23N5O. The quantitative estimate of drug-likeness (QED) is 0.915. The monoisotopic (exact) mass is 313 g/mol. The molecule has 2 aromatic heterocycles. The van der Waals surface area contributed by atoms with Crippen molar-refractivity contribution in [1.29, 1.82) is 0 Å². The molecule has 0 atom stereocenters. The first-order valence-corrected chi connectivity index (χ1v) is 8.48. The van der Waals surface area contributed by atoms with Crippen molar-refractivity contribution < 1.29 is 4.42 Å². The summed E-state index contributed by atoms with van der Waals surface area (Å²) < 4.78 is 5.86. The van der Waals surface area contributed by atoms with E-state index < -0.39 is 0 Å². The van der Waals surface area contributed by atoms with Crippen LogP contribution in [0.3, 0.4) is 0 Å². The number of piperidine rings is 1. The predicted octanol–water partition coefficient (Wildman–Crippen LogP) is 2.73. The van der Waals surface area contributed by atoms with Gasteiger partial charge >= 0.3 is 0 Å². The highest BCUT2D eigenvalue weighted by Gasteiger charge is 2.28. The van der Waals surface area contributed by atoms with Crippen LogP contribution in [0.2, 0.25) is 0 Å². The third-order valence-corrected chi connectivity index (χ3v) is 4.65. The number of anilines is 1. The number of likely N-dealkylation sites (tertiary alicyclic amines) is 1. The van der Waals surface area contributed by atoms with Gasteiger partial charge in [-0.1, -0.05) is 0 Å². The molecule has 6 nitrogen and oxygen atoms in total. The Balaban J connectivity index is 1.26. The summed E-state index contributed by atoms with van der Waals surface area (Å²) in [5, 5.41) is 3.52. The molecule has 23 heavy (non-hydrogen) atoms. The zero-order valence-electron chi connectivity index (χ0n) is 13.5. The minimum atomic E-state index is 0.479. The summed E-state index contributed by atoms with van der Waals surface area (Å²) in [5.74, 6) is 3.51. The van der Waals surface area contributed by atoms with E-state index >= 15 is 0 Å². The Morgan fingerprint density at radius 3 is 2.74 bits per heavy atom. The van der Waals surface area contributed by atoms with Crippen molar-refractivity contribution in [2.24, 2.45) is 0 Å². The number of hydrogen-bond acceptors (Lipinski definition) is 6. The van der Waals surface area contributed by atoms with Gasteiger partial charge in [-0.05, 0) is 32.6 Å². The number of oxazole rings is 1. The lowest BCUT2D eigenvalue weighted by Crippen LogP contribution is -2.38. The Morgan fingerprint density at radius 1 is 1.17 bits per heavy atom. The molecule has 1 saturated carbocycles. The van der Waals surface area contributed by atoms with Crippen LogP contribution in [0.1, 0.15) is 48.9 Å². The summed E-state index contributed by atoms with van der Waals surface area (Å²) in [6.07, 6.45) is 8.27. The normalized spacial score (nSPS) is 19.9. The van der Waals surface area contributed by atoms with Crippen LogP contribution in [-0.2, 0) is 6.54 Å². The first-order chi connectivity index (χ1) is 11.3. The van der Waals surface area contributed by atoms with E-state index in [1.807, 2.05) is 19.2 Å². The largest absolute Gasteiger partial charge is 0.444 e. The van der Waals surface area contributed by atoms with Crippen LogP contribution in [0.15, 0.2) is 23.0 Å². The van der Waals surface area contributed by atoms with Crippen molar-refractivity contribution in [1.82, 2.24) is 19.9 Å². The molecule has 1 N–H and O–H groups in total. The molecule has 1 aliphatic heterocycles. The maximum atomic E-state index is 5.86. The van der Waals surface area contributed by atoms with Gasteiger partial charge in [-0.3, -0.25) is 4.90 Å². The zero-order chi connectivity index (χ0) is 15.6. The second-order valence-electron chi connectivity index (χ2n) is 6.67. The first kappa shape index (κ1) is 14.6. The fourth-order valence-electron chi connectivity index (χ4n) is 3.12. The van der Waals surface area contributed by atoms with Gasteiger partial charge in [-0.25, -0.2) is 15.0 Å². The van der Waals surface area contributed by atoms with Crippen molar-refractivity contribution in [2.75, 3.05) is 18.4 Å². The molecule has 4 rings (SSSR count). The van der Waals surface area contributed by atoms with Crippen molar-refractivity contribution in [3.8, 4) is 0 Å². The average Bonchev–Trinajstić information content (AvgIpc) is 3.30. The van der Waals surface area contributed by atoms with Crippen LogP contribution in [0, 0.1) is 6.92 Å². The van der Waals surface area contributed by atoms with Gasteiger partial charge in [0.1, 0.15) is 17.9 Å². The summed E-state index contributed by atoms with van der Waals surface area (Å²) in [6.45, 7) is 4.93. The third kappa shape index (κ3) is 3.69. The molecule has 0 spiro atoms. The predicted molar refractivity (Wildman–Crippen MR) is 87.2 cm³/mol. The summed E-state index contributed by atoms with van der Waals surface area (Å²) in [6, 6.07) is 2.48. The molecule has 3 heterocycles. The van der Waals surface area contributed by atoms with Gasteiger partial charge in [0.2, 0.25) is 5.89 Å². The summed E-state index contributed by atoms with van der Waals surface area (Å²) in [5.41, 5.74) is 0.996. The Kier molecular flexibility index (Phi) is 3.99. The second kappa shape index (κ2) is 6.28. The number of nitrogens with one attached hydrogen (secondary N) is 1. The molecule has 0 radical (unpaired) electrons. The van der Waals surface area contributed by atoms with Gasteiger partial charge < -0.3 is 9.73 Å². The lowest BCUT2D eigenvalue weighted by atomic mass is 10.1. The smallest absolute Gasteiger partial charge is 0.208 e. The molecule has 0 aromatic carbocycles. The molecule has 2 aliphatic rings. The Morgan fingerprint density at radius 2 is 2.00 bits per heavy atom. The number of rotatable bonds is 5. The second-order valence-corrected chi connectivity index (χ2v) is 6.67. The number of nitrogens with zero attached hydrogens (tertiary/aromatic N) is 4. The summed E-state index contributed by atoms with van der Waals surface area (Å²) in [7, 11) is 0. The third-order valence-electron chi connectivity index (χ3n) is 4.65. The van der Waals surface area contributed by atoms with Gasteiger partial charge in [0.05, 0.1) is 12.7 Å². The maximum absolute atomic E-state index is 5.86. The van der Waals surface area contributed by atoms with Gasteiger partial charge in [-0.2, -0.15) is 0 Å². The van der Waals surface area contributed by atoms with Gasteiger partial charge in [0.25, 0.3) is 0 Å². The minimum Gasteiger partial charge on any atom is -0.444 e. The van der Waals surface area contributed by atoms with Crippen LogP contribution < -0.4 is 5.32 Å². The van der Waals surface area contributed by atoms with Crippen molar-refractivity contribution >= 4 is 5.82 Å². The highest BCUT2D eigenvalue weighted by molar-refractivity contribution is 5.35. The Hall–Kier alpha value is -1.95. The molecule has 0 amide bonds. The molecule has 1 aliphatic carbocycles. The molecule has 2 aromatic rings. The van der Waals surface area contributed by atoms with E-state index in [1.165, 1.54) is 12.8 Å². The van der Waals surface area contributed by atoms with E-state index in [0.717, 1.165) is 55.6 Å². The molecule has 2 fully saturated rings. The first-order valence-electron chi connectivity index (χ1n) is 8.48. The Bertz CT molecular complexity index is 659. The highest BCUT2D eigenvalue weighted by Crippen LogP contribution is 2.40. The fraction of sp³-hybridized carbons (Fsp3) is 0.588. The van der Waals surface area contributed by atoms with Gasteiger partial charge in [0.15, 0.2) is 0 Å². The van der Waals surface area contributed by atoms with E-state index in [-0.39, 0.29) is 0 Å². The van der Waals surface area contributed by atoms with Crippen LogP contribution in [0.5, 0.6) is 0 Å². The number of aromatic nitrogens is 3. The summed E-state index contributed by atoms with van der Waals surface area (Å²) in [4.78, 5) is 15.3. The molecule has 6 heteroatoms. The molecule has 1 saturated heterocycles. The lowest BCUT2D eigenvalue weighted by Gasteiger charge is -2.31. The zero-order valence-corrected chi connectivity index (χ0v) is 13.5. The van der Waals surface area contributed by atoms with E-state index in [1.54, 1.807) is 6.33 Å². The topological polar surface area (TPSA) is 67.1 Å². The SMILES string of the molecule is Cc1cc(NC2CCN(Cc3ncc(C4CC4)o3)CC2)ncn1. The molecule has 0 bridgehead atoms. The van der Waals surface area contributed by atoms with Crippen LogP contribution in [0.25, 0.3) is 0 Å². The van der Waals surface area contributed by atoms with E-state index in [4.69, 9.17) is 4.42 Å². The number of hydrogen-bond donors (Lipinski definition) is 1. The Labute approximate surface area is 136 Å². The molecule has 0 unspecified atom stereocenters. The fourth-order valence-corrected chi connectivity index (χ4v) is 3.12. The van der Waals surface area contributed by atoms with Crippen LogP contribution in [0.4, 0.5) is 5.82 Å². The van der Waals surface area contributed by atoms with Crippen molar-refractivity contribution in [2.45, 2.75) is 51.1 Å². The average molecular weight is 313 g/mol. The standard InChI is InChI=1S/C17H23N5O/c1-12-8-16(20-11-19-12)21-14-4-6-22(7-5-14)10-17-18-9-15(23-17)13-2-3-13/h8-9,11,13-14H,2-7,10H2,1H3,(H,19,20,21). The van der Waals surface area contributed by atoms with Crippen LogP contribution >= 0.6 is 0 Å². The molecule has 122 valence electrons. The minimum absolute atomic E-state index is 0.479. The van der Waals surface area contributed by atoms with Crippen LogP contribution in [-0.4, -0.2) is 39.0 Å². The van der Waals surface area contributed by atoms with E-state index in [9.17, 15) is 0 Å². The highest BCUT2D eigenvalue weighted by atomic mass is 16.4. The molecular weight excluding hydrogens is 290 g/mol. The van der Waals surface area contributed by atoms with Gasteiger partial charge in [0, 0.05) is 36.8 Å². The van der Waals surface area contributed by atoms with Gasteiger partial charge in [-0.15, -0.1) is 0 Å². The van der Waals surface area contributed by atoms with Crippen molar-refractivity contribution in [3.63, 3.8) is 0 Å².